The van der Waals surface area contributed by atoms with E-state index in [0.29, 0.717) is 11.4 Å². The Labute approximate surface area is 143 Å². The molecule has 25 heavy (non-hydrogen) atoms. The third-order valence-electron chi connectivity index (χ3n) is 3.70. The average molecular weight is 337 g/mol. The molecular weight excluding hydrogens is 321 g/mol. The van der Waals surface area contributed by atoms with E-state index in [2.05, 4.69) is 10.4 Å². The highest BCUT2D eigenvalue weighted by atomic mass is 19.1. The Kier molecular flexibility index (Phi) is 4.70. The minimum atomic E-state index is -0.327. The molecule has 0 unspecified atom stereocenters. The second-order valence-corrected chi connectivity index (χ2v) is 5.61. The molecule has 1 N–H and O–H groups in total. The quantitative estimate of drug-likeness (QED) is 0.796. The van der Waals surface area contributed by atoms with Gasteiger partial charge in [0.05, 0.1) is 12.1 Å². The monoisotopic (exact) mass is 337 g/mol. The van der Waals surface area contributed by atoms with E-state index in [4.69, 9.17) is 0 Å². The summed E-state index contributed by atoms with van der Waals surface area (Å²) in [4.78, 5) is 23.4. The Hall–Kier alpha value is -3.28. The molecule has 0 spiro atoms. The lowest BCUT2D eigenvalue weighted by molar-refractivity contribution is -0.115. The van der Waals surface area contributed by atoms with Crippen molar-refractivity contribution in [1.29, 1.82) is 0 Å². The van der Waals surface area contributed by atoms with Gasteiger partial charge in [0.25, 0.3) is 5.56 Å². The third-order valence-corrected chi connectivity index (χ3v) is 3.70. The zero-order valence-electron chi connectivity index (χ0n) is 13.6. The number of carbonyl (C=O) groups is 1. The minimum Gasteiger partial charge on any atom is -0.326 e. The van der Waals surface area contributed by atoms with Crippen molar-refractivity contribution in [2.24, 2.45) is 7.05 Å². The number of hydrogen-bond donors (Lipinski definition) is 1. The van der Waals surface area contributed by atoms with Gasteiger partial charge in [0, 0.05) is 24.4 Å². The molecule has 126 valence electrons. The molecular formula is C19H16FN3O2. The van der Waals surface area contributed by atoms with Gasteiger partial charge < -0.3 is 5.32 Å². The molecule has 0 bridgehead atoms. The molecule has 2 aromatic carbocycles. The molecule has 0 aliphatic rings. The van der Waals surface area contributed by atoms with Crippen LogP contribution in [0, 0.1) is 5.82 Å². The van der Waals surface area contributed by atoms with Crippen molar-refractivity contribution >= 4 is 11.6 Å². The molecule has 0 aliphatic carbocycles. The Morgan fingerprint density at radius 1 is 1.04 bits per heavy atom. The van der Waals surface area contributed by atoms with Crippen molar-refractivity contribution in [3.05, 3.63) is 82.4 Å². The number of nitrogens with one attached hydrogen (secondary N) is 1. The summed E-state index contributed by atoms with van der Waals surface area (Å²) in [6, 6.07) is 16.1. The first-order valence-electron chi connectivity index (χ1n) is 7.70. The largest absolute Gasteiger partial charge is 0.326 e. The number of aryl methyl sites for hydroxylation is 1. The van der Waals surface area contributed by atoms with E-state index in [9.17, 15) is 14.0 Å². The molecule has 6 heteroatoms. The van der Waals surface area contributed by atoms with Gasteiger partial charge in [-0.3, -0.25) is 9.59 Å². The summed E-state index contributed by atoms with van der Waals surface area (Å²) in [6.07, 6.45) is 0.171. The van der Waals surface area contributed by atoms with Crippen molar-refractivity contribution in [2.45, 2.75) is 6.42 Å². The van der Waals surface area contributed by atoms with E-state index in [0.717, 1.165) is 11.1 Å². The second-order valence-electron chi connectivity index (χ2n) is 5.61. The number of amides is 1. The predicted molar refractivity (Wildman–Crippen MR) is 93.6 cm³/mol. The van der Waals surface area contributed by atoms with E-state index >= 15 is 0 Å². The fraction of sp³-hybridized carbons (Fsp3) is 0.105. The van der Waals surface area contributed by atoms with Gasteiger partial charge in [-0.1, -0.05) is 24.3 Å². The van der Waals surface area contributed by atoms with Crippen LogP contribution < -0.4 is 10.9 Å². The number of hydrogen-bond acceptors (Lipinski definition) is 3. The Morgan fingerprint density at radius 2 is 1.72 bits per heavy atom. The van der Waals surface area contributed by atoms with E-state index in [1.165, 1.54) is 22.9 Å². The van der Waals surface area contributed by atoms with Crippen LogP contribution in [0.2, 0.25) is 0 Å². The van der Waals surface area contributed by atoms with Gasteiger partial charge in [0.15, 0.2) is 0 Å². The molecule has 3 rings (SSSR count). The van der Waals surface area contributed by atoms with Crippen LogP contribution in [0.5, 0.6) is 0 Å². The van der Waals surface area contributed by atoms with Crippen LogP contribution in [-0.4, -0.2) is 15.7 Å². The van der Waals surface area contributed by atoms with Gasteiger partial charge in [-0.25, -0.2) is 9.07 Å². The molecule has 0 saturated heterocycles. The summed E-state index contributed by atoms with van der Waals surface area (Å²) in [6.45, 7) is 0. The van der Waals surface area contributed by atoms with Gasteiger partial charge >= 0.3 is 0 Å². The van der Waals surface area contributed by atoms with Crippen LogP contribution in [0.3, 0.4) is 0 Å². The molecule has 0 fully saturated rings. The third kappa shape index (κ3) is 4.17. The maximum absolute atomic E-state index is 12.9. The standard InChI is InChI=1S/C19H16FN3O2/c1-23-19(25)11-10-17(22-23)14-4-8-16(9-5-14)21-18(24)12-13-2-6-15(20)7-3-13/h2-11H,12H2,1H3,(H,21,24). The number of benzene rings is 2. The predicted octanol–water partition coefficient (Wildman–Crippen LogP) is 2.77. The van der Waals surface area contributed by atoms with Crippen molar-refractivity contribution < 1.29 is 9.18 Å². The molecule has 1 amide bonds. The summed E-state index contributed by atoms with van der Waals surface area (Å²) in [5, 5.41) is 6.98. The highest BCUT2D eigenvalue weighted by Gasteiger charge is 2.06. The molecule has 1 heterocycles. The molecule has 0 saturated carbocycles. The van der Waals surface area contributed by atoms with E-state index in [1.807, 2.05) is 12.1 Å². The Balaban J connectivity index is 1.67. The fourth-order valence-corrected chi connectivity index (χ4v) is 2.37. The summed E-state index contributed by atoms with van der Waals surface area (Å²) < 4.78 is 14.1. The minimum absolute atomic E-state index is 0.171. The summed E-state index contributed by atoms with van der Waals surface area (Å²) >= 11 is 0. The number of nitrogens with zero attached hydrogens (tertiary/aromatic N) is 2. The van der Waals surface area contributed by atoms with E-state index in [1.54, 1.807) is 37.4 Å². The summed E-state index contributed by atoms with van der Waals surface area (Å²) in [7, 11) is 1.59. The fourth-order valence-electron chi connectivity index (χ4n) is 2.37. The van der Waals surface area contributed by atoms with Crippen LogP contribution >= 0.6 is 0 Å². The molecule has 1 aromatic heterocycles. The van der Waals surface area contributed by atoms with Crippen molar-refractivity contribution in [1.82, 2.24) is 9.78 Å². The first-order valence-corrected chi connectivity index (χ1v) is 7.70. The van der Waals surface area contributed by atoms with Crippen LogP contribution in [0.1, 0.15) is 5.56 Å². The average Bonchev–Trinajstić information content (AvgIpc) is 2.60. The smallest absolute Gasteiger partial charge is 0.266 e. The van der Waals surface area contributed by atoms with Crippen LogP contribution in [0.15, 0.2) is 65.5 Å². The van der Waals surface area contributed by atoms with Crippen LogP contribution in [0.25, 0.3) is 11.3 Å². The topological polar surface area (TPSA) is 64.0 Å². The van der Waals surface area contributed by atoms with E-state index in [-0.39, 0.29) is 23.7 Å². The first kappa shape index (κ1) is 16.6. The second kappa shape index (κ2) is 7.09. The van der Waals surface area contributed by atoms with E-state index < -0.39 is 0 Å². The lowest BCUT2D eigenvalue weighted by atomic mass is 10.1. The SMILES string of the molecule is Cn1nc(-c2ccc(NC(=O)Cc3ccc(F)cc3)cc2)ccc1=O. The number of halogens is 1. The molecule has 0 atom stereocenters. The molecule has 3 aromatic rings. The van der Waals surface area contributed by atoms with Gasteiger partial charge in [0.1, 0.15) is 5.82 Å². The lowest BCUT2D eigenvalue weighted by Crippen LogP contribution is -2.18. The van der Waals surface area contributed by atoms with Crippen molar-refractivity contribution in [3.63, 3.8) is 0 Å². The molecule has 0 radical (unpaired) electrons. The number of anilines is 1. The van der Waals surface area contributed by atoms with Crippen molar-refractivity contribution in [2.75, 3.05) is 5.32 Å². The number of aromatic nitrogens is 2. The van der Waals surface area contributed by atoms with Crippen molar-refractivity contribution in [3.8, 4) is 11.3 Å². The highest BCUT2D eigenvalue weighted by molar-refractivity contribution is 5.92. The normalized spacial score (nSPS) is 10.5. The number of rotatable bonds is 4. The zero-order valence-corrected chi connectivity index (χ0v) is 13.6. The first-order chi connectivity index (χ1) is 12.0. The van der Waals surface area contributed by atoms with Gasteiger partial charge in [-0.05, 0) is 35.9 Å². The van der Waals surface area contributed by atoms with Crippen LogP contribution in [-0.2, 0) is 18.3 Å². The summed E-state index contributed by atoms with van der Waals surface area (Å²) in [5.41, 5.74) is 2.73. The molecule has 0 aliphatic heterocycles. The maximum Gasteiger partial charge on any atom is 0.266 e. The maximum atomic E-state index is 12.9. The lowest BCUT2D eigenvalue weighted by Gasteiger charge is -2.07. The number of carbonyl (C=O) groups excluding carboxylic acids is 1. The van der Waals surface area contributed by atoms with Gasteiger partial charge in [-0.2, -0.15) is 5.10 Å². The van der Waals surface area contributed by atoms with Gasteiger partial charge in [0.2, 0.25) is 5.91 Å². The Morgan fingerprint density at radius 3 is 2.36 bits per heavy atom. The van der Waals surface area contributed by atoms with Gasteiger partial charge in [-0.15, -0.1) is 0 Å². The highest BCUT2D eigenvalue weighted by Crippen LogP contribution is 2.18. The Bertz CT molecular complexity index is 948. The van der Waals surface area contributed by atoms with Crippen LogP contribution in [0.4, 0.5) is 10.1 Å². The summed E-state index contributed by atoms with van der Waals surface area (Å²) in [5.74, 6) is -0.508. The molecule has 5 nitrogen and oxygen atoms in total. The zero-order chi connectivity index (χ0) is 17.8.